The molecule has 0 saturated carbocycles. The average molecular weight is 405 g/mol. The molecule has 29 heavy (non-hydrogen) atoms. The van der Waals surface area contributed by atoms with Crippen LogP contribution in [0.3, 0.4) is 0 Å². The third-order valence-electron chi connectivity index (χ3n) is 5.57. The summed E-state index contributed by atoms with van der Waals surface area (Å²) in [6, 6.07) is 7.09. The summed E-state index contributed by atoms with van der Waals surface area (Å²) >= 11 is 0. The Morgan fingerprint density at radius 2 is 1.79 bits per heavy atom. The number of amides is 1. The Morgan fingerprint density at radius 1 is 1.14 bits per heavy atom. The van der Waals surface area contributed by atoms with Gasteiger partial charge in [-0.25, -0.2) is 9.59 Å². The molecule has 1 aromatic rings. The van der Waals surface area contributed by atoms with Gasteiger partial charge in [0.05, 0.1) is 17.8 Å². The highest BCUT2D eigenvalue weighted by Crippen LogP contribution is 2.31. The van der Waals surface area contributed by atoms with E-state index in [1.54, 1.807) is 17.0 Å². The van der Waals surface area contributed by atoms with Crippen LogP contribution in [0.25, 0.3) is 0 Å². The number of rotatable bonds is 4. The molecule has 1 N–H and O–H groups in total. The van der Waals surface area contributed by atoms with Crippen LogP contribution in [0.2, 0.25) is 0 Å². The Bertz CT molecular complexity index is 718. The minimum absolute atomic E-state index is 0.191. The summed E-state index contributed by atoms with van der Waals surface area (Å²) in [7, 11) is 0. The minimum Gasteiger partial charge on any atom is -0.478 e. The molecule has 0 unspecified atom stereocenters. The summed E-state index contributed by atoms with van der Waals surface area (Å²) in [5.74, 6) is -0.899. The minimum atomic E-state index is -0.899. The number of benzene rings is 1. The second-order valence-corrected chi connectivity index (χ2v) is 9.03. The lowest BCUT2D eigenvalue weighted by Crippen LogP contribution is -2.58. The van der Waals surface area contributed by atoms with Gasteiger partial charge in [0.1, 0.15) is 5.60 Å². The molecule has 1 spiro atoms. The van der Waals surface area contributed by atoms with Crippen LogP contribution in [-0.2, 0) is 15.9 Å². The summed E-state index contributed by atoms with van der Waals surface area (Å²) in [5.41, 5.74) is 0.780. The van der Waals surface area contributed by atoms with E-state index in [-0.39, 0.29) is 11.7 Å². The molecular weight excluding hydrogens is 372 g/mol. The van der Waals surface area contributed by atoms with E-state index in [4.69, 9.17) is 14.6 Å². The molecular formula is C22H32N2O5. The van der Waals surface area contributed by atoms with Crippen molar-refractivity contribution < 1.29 is 24.2 Å². The van der Waals surface area contributed by atoms with Crippen LogP contribution in [0, 0.1) is 0 Å². The quantitative estimate of drug-likeness (QED) is 0.831. The van der Waals surface area contributed by atoms with Crippen molar-refractivity contribution in [3.8, 4) is 0 Å². The van der Waals surface area contributed by atoms with Gasteiger partial charge in [-0.1, -0.05) is 12.1 Å². The fourth-order valence-electron chi connectivity index (χ4n) is 3.94. The van der Waals surface area contributed by atoms with Crippen LogP contribution >= 0.6 is 0 Å². The molecule has 2 aliphatic heterocycles. The maximum atomic E-state index is 12.3. The summed E-state index contributed by atoms with van der Waals surface area (Å²) < 4.78 is 11.7. The van der Waals surface area contributed by atoms with Crippen LogP contribution in [0.4, 0.5) is 4.79 Å². The molecule has 1 aromatic carbocycles. The normalized spacial score (nSPS) is 19.9. The van der Waals surface area contributed by atoms with E-state index < -0.39 is 11.6 Å². The third kappa shape index (κ3) is 5.93. The molecule has 0 bridgehead atoms. The fourth-order valence-corrected chi connectivity index (χ4v) is 3.94. The number of nitrogens with zero attached hydrogens (tertiary/aromatic N) is 2. The highest BCUT2D eigenvalue weighted by atomic mass is 16.6. The lowest BCUT2D eigenvalue weighted by Gasteiger charge is -2.47. The highest BCUT2D eigenvalue weighted by molar-refractivity contribution is 5.87. The average Bonchev–Trinajstić information content (AvgIpc) is 2.66. The van der Waals surface area contributed by atoms with Gasteiger partial charge in [-0.3, -0.25) is 4.90 Å². The summed E-state index contributed by atoms with van der Waals surface area (Å²) in [6.07, 6.45) is 2.26. The van der Waals surface area contributed by atoms with Gasteiger partial charge < -0.3 is 19.5 Å². The van der Waals surface area contributed by atoms with Gasteiger partial charge in [0.25, 0.3) is 0 Å². The van der Waals surface area contributed by atoms with Crippen molar-refractivity contribution in [1.82, 2.24) is 9.80 Å². The van der Waals surface area contributed by atoms with E-state index in [1.165, 1.54) is 0 Å². The Balaban J connectivity index is 1.49. The van der Waals surface area contributed by atoms with Crippen LogP contribution in [0.5, 0.6) is 0 Å². The van der Waals surface area contributed by atoms with Crippen molar-refractivity contribution >= 4 is 12.1 Å². The molecule has 0 radical (unpaired) electrons. The maximum Gasteiger partial charge on any atom is 0.410 e. The summed E-state index contributed by atoms with van der Waals surface area (Å²) in [5, 5.41) is 9.00. The van der Waals surface area contributed by atoms with Crippen LogP contribution in [-0.4, -0.2) is 77.5 Å². The molecule has 3 rings (SSSR count). The van der Waals surface area contributed by atoms with Crippen LogP contribution in [0.15, 0.2) is 24.3 Å². The first-order valence-corrected chi connectivity index (χ1v) is 10.3. The number of piperidine rings is 1. The Morgan fingerprint density at radius 3 is 2.38 bits per heavy atom. The predicted octanol–water partition coefficient (Wildman–Crippen LogP) is 3.03. The first kappa shape index (κ1) is 21.6. The van der Waals surface area contributed by atoms with Gasteiger partial charge in [0.15, 0.2) is 0 Å². The fraction of sp³-hybridized carbons (Fsp3) is 0.636. The highest BCUT2D eigenvalue weighted by Gasteiger charge is 2.41. The van der Waals surface area contributed by atoms with Crippen molar-refractivity contribution in [2.75, 3.05) is 39.3 Å². The molecule has 2 aliphatic rings. The van der Waals surface area contributed by atoms with E-state index >= 15 is 0 Å². The number of hydrogen-bond acceptors (Lipinski definition) is 5. The number of likely N-dealkylation sites (tertiary alicyclic amines) is 1. The van der Waals surface area contributed by atoms with Crippen molar-refractivity contribution in [1.29, 1.82) is 0 Å². The number of ether oxygens (including phenoxy) is 2. The number of aromatic carboxylic acids is 1. The van der Waals surface area contributed by atoms with Gasteiger partial charge in [-0.15, -0.1) is 0 Å². The monoisotopic (exact) mass is 404 g/mol. The lowest BCUT2D eigenvalue weighted by molar-refractivity contribution is -0.134. The Kier molecular flexibility index (Phi) is 6.49. The molecule has 2 fully saturated rings. The summed E-state index contributed by atoms with van der Waals surface area (Å²) in [4.78, 5) is 27.5. The van der Waals surface area contributed by atoms with Gasteiger partial charge >= 0.3 is 12.1 Å². The topological polar surface area (TPSA) is 79.3 Å². The van der Waals surface area contributed by atoms with Gasteiger partial charge in [-0.05, 0) is 57.7 Å². The number of carboxylic acids is 1. The molecule has 0 aliphatic carbocycles. The lowest BCUT2D eigenvalue weighted by atomic mass is 9.89. The van der Waals surface area contributed by atoms with Crippen molar-refractivity contribution in [2.45, 2.75) is 51.2 Å². The van der Waals surface area contributed by atoms with Crippen molar-refractivity contribution in [3.63, 3.8) is 0 Å². The number of carbonyl (C=O) groups is 2. The van der Waals surface area contributed by atoms with Crippen molar-refractivity contribution in [2.24, 2.45) is 0 Å². The summed E-state index contributed by atoms with van der Waals surface area (Å²) in [6.45, 7) is 10.3. The smallest absolute Gasteiger partial charge is 0.410 e. The van der Waals surface area contributed by atoms with Gasteiger partial charge in [0, 0.05) is 32.7 Å². The van der Waals surface area contributed by atoms with Gasteiger partial charge in [-0.2, -0.15) is 0 Å². The maximum absolute atomic E-state index is 12.3. The largest absolute Gasteiger partial charge is 0.478 e. The zero-order valence-corrected chi connectivity index (χ0v) is 17.6. The van der Waals surface area contributed by atoms with Gasteiger partial charge in [0.2, 0.25) is 0 Å². The number of morpholine rings is 1. The second kappa shape index (κ2) is 8.71. The predicted molar refractivity (Wildman–Crippen MR) is 109 cm³/mol. The van der Waals surface area contributed by atoms with E-state index in [0.29, 0.717) is 25.3 Å². The second-order valence-electron chi connectivity index (χ2n) is 9.03. The number of carbonyl (C=O) groups excluding carboxylic acids is 1. The standard InChI is InChI=1S/C22H32N2O5/c1-21(2,3)29-20(27)24-12-9-22(10-13-24)16-23(14-15-28-22)11-8-17-4-6-18(7-5-17)19(25)26/h4-7H,8-16H2,1-3H3,(H,25,26). The third-order valence-corrected chi connectivity index (χ3v) is 5.57. The number of hydrogen-bond donors (Lipinski definition) is 1. The zero-order valence-electron chi connectivity index (χ0n) is 17.6. The van der Waals surface area contributed by atoms with Crippen LogP contribution < -0.4 is 0 Å². The molecule has 160 valence electrons. The molecule has 1 amide bonds. The first-order chi connectivity index (χ1) is 13.7. The van der Waals surface area contributed by atoms with E-state index in [1.807, 2.05) is 32.9 Å². The Hall–Kier alpha value is -2.12. The van der Waals surface area contributed by atoms with E-state index in [9.17, 15) is 9.59 Å². The molecule has 7 heteroatoms. The molecule has 2 heterocycles. The molecule has 2 saturated heterocycles. The van der Waals surface area contributed by atoms with E-state index in [2.05, 4.69) is 4.90 Å². The SMILES string of the molecule is CC(C)(C)OC(=O)N1CCC2(CC1)CN(CCc1ccc(C(=O)O)cc1)CCO2. The number of carboxylic acid groups (broad SMARTS) is 1. The van der Waals surface area contributed by atoms with E-state index in [0.717, 1.165) is 44.5 Å². The molecule has 7 nitrogen and oxygen atoms in total. The zero-order chi connectivity index (χ0) is 21.1. The molecule has 0 aromatic heterocycles. The molecule has 0 atom stereocenters. The Labute approximate surface area is 172 Å². The van der Waals surface area contributed by atoms with Crippen molar-refractivity contribution in [3.05, 3.63) is 35.4 Å². The first-order valence-electron chi connectivity index (χ1n) is 10.3. The van der Waals surface area contributed by atoms with Crippen LogP contribution in [0.1, 0.15) is 49.5 Å².